The fraction of sp³-hybridized carbons (Fsp3) is 0.217. The first-order chi connectivity index (χ1) is 14.5. The zero-order chi connectivity index (χ0) is 21.3. The highest BCUT2D eigenvalue weighted by molar-refractivity contribution is 7.99. The van der Waals surface area contributed by atoms with E-state index in [1.807, 2.05) is 49.6 Å². The first-order valence-electron chi connectivity index (χ1n) is 9.56. The van der Waals surface area contributed by atoms with Crippen molar-refractivity contribution in [3.63, 3.8) is 0 Å². The van der Waals surface area contributed by atoms with Crippen LogP contribution in [0.15, 0.2) is 60.0 Å². The van der Waals surface area contributed by atoms with Gasteiger partial charge in [-0.15, -0.1) is 23.1 Å². The van der Waals surface area contributed by atoms with Crippen LogP contribution in [0.5, 0.6) is 0 Å². The maximum atomic E-state index is 13.5. The number of halogens is 1. The predicted octanol–water partition coefficient (Wildman–Crippen LogP) is 5.91. The quantitative estimate of drug-likeness (QED) is 0.530. The molecule has 4 rings (SSSR count). The summed E-state index contributed by atoms with van der Waals surface area (Å²) in [6.45, 7) is 4.04. The zero-order valence-corrected chi connectivity index (χ0v) is 19.0. The first-order valence-corrected chi connectivity index (χ1v) is 11.9. The molecule has 2 unspecified atom stereocenters. The van der Waals surface area contributed by atoms with E-state index in [1.54, 1.807) is 52.3 Å². The van der Waals surface area contributed by atoms with Crippen LogP contribution in [-0.4, -0.2) is 28.5 Å². The van der Waals surface area contributed by atoms with E-state index >= 15 is 0 Å². The molecule has 2 amide bonds. The lowest BCUT2D eigenvalue weighted by molar-refractivity contribution is -0.119. The fourth-order valence-corrected chi connectivity index (χ4v) is 6.04. The van der Waals surface area contributed by atoms with Gasteiger partial charge in [0.15, 0.2) is 0 Å². The van der Waals surface area contributed by atoms with Gasteiger partial charge in [0.2, 0.25) is 5.91 Å². The van der Waals surface area contributed by atoms with Gasteiger partial charge in [0.1, 0.15) is 11.4 Å². The summed E-state index contributed by atoms with van der Waals surface area (Å²) in [5.41, 5.74) is 3.41. The van der Waals surface area contributed by atoms with Crippen molar-refractivity contribution in [2.24, 2.45) is 0 Å². The lowest BCUT2D eigenvalue weighted by Gasteiger charge is -2.28. The van der Waals surface area contributed by atoms with Crippen LogP contribution in [0.4, 0.5) is 5.69 Å². The number of hydrogen-bond donors (Lipinski definition) is 1. The Morgan fingerprint density at radius 2 is 1.87 bits per heavy atom. The molecule has 0 aliphatic carbocycles. The van der Waals surface area contributed by atoms with Gasteiger partial charge >= 0.3 is 0 Å². The van der Waals surface area contributed by atoms with Crippen molar-refractivity contribution in [2.75, 3.05) is 11.1 Å². The second-order valence-electron chi connectivity index (χ2n) is 7.20. The standard InChI is InChI=1S/C23H21ClN2O2S2/c1-14-9-10-16(12-15(14)2)25-21(27)19-13-30-23(20-8-5-11-29-20)26(19)22(28)17-6-3-4-7-18(17)24/h3-12,19,23H,13H2,1-2H3,(H,25,27). The van der Waals surface area contributed by atoms with Crippen molar-refractivity contribution in [2.45, 2.75) is 25.3 Å². The normalized spacial score (nSPS) is 18.4. The number of thiophene rings is 1. The Morgan fingerprint density at radius 3 is 2.57 bits per heavy atom. The summed E-state index contributed by atoms with van der Waals surface area (Å²) in [5.74, 6) is 0.101. The molecule has 4 nitrogen and oxygen atoms in total. The second kappa shape index (κ2) is 8.84. The van der Waals surface area contributed by atoms with E-state index in [-0.39, 0.29) is 17.2 Å². The van der Waals surface area contributed by atoms with Crippen LogP contribution < -0.4 is 5.32 Å². The second-order valence-corrected chi connectivity index (χ2v) is 9.70. The molecule has 1 fully saturated rings. The van der Waals surface area contributed by atoms with E-state index in [0.717, 1.165) is 21.7 Å². The lowest BCUT2D eigenvalue weighted by atomic mass is 10.1. The maximum Gasteiger partial charge on any atom is 0.257 e. The van der Waals surface area contributed by atoms with Crippen molar-refractivity contribution in [3.05, 3.63) is 86.6 Å². The zero-order valence-electron chi connectivity index (χ0n) is 16.6. The molecule has 0 spiro atoms. The van der Waals surface area contributed by atoms with Gasteiger partial charge in [-0.3, -0.25) is 9.59 Å². The van der Waals surface area contributed by atoms with E-state index < -0.39 is 6.04 Å². The Hall–Kier alpha value is -2.28. The van der Waals surface area contributed by atoms with Gasteiger partial charge in [-0.2, -0.15) is 0 Å². The van der Waals surface area contributed by atoms with Crippen LogP contribution in [-0.2, 0) is 4.79 Å². The average molecular weight is 457 g/mol. The molecule has 2 heterocycles. The van der Waals surface area contributed by atoms with Crippen molar-refractivity contribution < 1.29 is 9.59 Å². The van der Waals surface area contributed by atoms with Gasteiger partial charge in [-0.25, -0.2) is 0 Å². The van der Waals surface area contributed by atoms with Crippen LogP contribution in [0.2, 0.25) is 5.02 Å². The summed E-state index contributed by atoms with van der Waals surface area (Å²) in [4.78, 5) is 29.4. The number of aryl methyl sites for hydroxylation is 2. The Bertz CT molecular complexity index is 1080. The molecule has 1 N–H and O–H groups in total. The number of thioether (sulfide) groups is 1. The van der Waals surface area contributed by atoms with Gasteiger partial charge < -0.3 is 10.2 Å². The van der Waals surface area contributed by atoms with Crippen molar-refractivity contribution in [1.29, 1.82) is 0 Å². The van der Waals surface area contributed by atoms with Gasteiger partial charge in [0, 0.05) is 16.3 Å². The van der Waals surface area contributed by atoms with Gasteiger partial charge in [-0.1, -0.05) is 35.9 Å². The minimum Gasteiger partial charge on any atom is -0.324 e. The molecule has 0 radical (unpaired) electrons. The Labute approximate surface area is 189 Å². The highest BCUT2D eigenvalue weighted by atomic mass is 35.5. The van der Waals surface area contributed by atoms with Gasteiger partial charge in [-0.05, 0) is 60.7 Å². The molecule has 7 heteroatoms. The first kappa shape index (κ1) is 21.0. The van der Waals surface area contributed by atoms with E-state index in [4.69, 9.17) is 11.6 Å². The lowest BCUT2D eigenvalue weighted by Crippen LogP contribution is -2.45. The SMILES string of the molecule is Cc1ccc(NC(=O)C2CSC(c3cccs3)N2C(=O)c2ccccc2Cl)cc1C. The number of nitrogens with zero attached hydrogens (tertiary/aromatic N) is 1. The Balaban J connectivity index is 1.65. The predicted molar refractivity (Wildman–Crippen MR) is 125 cm³/mol. The smallest absolute Gasteiger partial charge is 0.257 e. The molecule has 30 heavy (non-hydrogen) atoms. The number of benzene rings is 2. The summed E-state index contributed by atoms with van der Waals surface area (Å²) in [7, 11) is 0. The Morgan fingerprint density at radius 1 is 1.07 bits per heavy atom. The molecular formula is C23H21ClN2O2S2. The monoisotopic (exact) mass is 456 g/mol. The number of anilines is 1. The third kappa shape index (κ3) is 4.13. The van der Waals surface area contributed by atoms with E-state index in [1.165, 1.54) is 0 Å². The third-order valence-electron chi connectivity index (χ3n) is 5.20. The number of amides is 2. The number of hydrogen-bond acceptors (Lipinski definition) is 4. The number of nitrogens with one attached hydrogen (secondary N) is 1. The average Bonchev–Trinajstić information content (AvgIpc) is 3.40. The minimum absolute atomic E-state index is 0.190. The number of carbonyl (C=O) groups is 2. The van der Waals surface area contributed by atoms with Crippen molar-refractivity contribution in [3.8, 4) is 0 Å². The summed E-state index contributed by atoms with van der Waals surface area (Å²) in [6, 6.07) is 16.2. The highest BCUT2D eigenvalue weighted by Crippen LogP contribution is 2.44. The third-order valence-corrected chi connectivity index (χ3v) is 7.91. The molecular weight excluding hydrogens is 436 g/mol. The molecule has 1 aliphatic rings. The fourth-order valence-electron chi connectivity index (χ4n) is 3.43. The molecule has 1 aliphatic heterocycles. The minimum atomic E-state index is -0.590. The molecule has 154 valence electrons. The maximum absolute atomic E-state index is 13.5. The van der Waals surface area contributed by atoms with Crippen LogP contribution in [0.25, 0.3) is 0 Å². The summed E-state index contributed by atoms with van der Waals surface area (Å²) in [5, 5.41) is 5.14. The highest BCUT2D eigenvalue weighted by Gasteiger charge is 2.43. The van der Waals surface area contributed by atoms with Gasteiger partial charge in [0.05, 0.1) is 10.6 Å². The van der Waals surface area contributed by atoms with E-state index in [9.17, 15) is 9.59 Å². The van der Waals surface area contributed by atoms with Crippen molar-refractivity contribution >= 4 is 52.2 Å². The van der Waals surface area contributed by atoms with Crippen LogP contribution in [0.1, 0.15) is 31.7 Å². The summed E-state index contributed by atoms with van der Waals surface area (Å²) < 4.78 is 0. The summed E-state index contributed by atoms with van der Waals surface area (Å²) in [6.07, 6.45) is 0. The number of carbonyl (C=O) groups excluding carboxylic acids is 2. The largest absolute Gasteiger partial charge is 0.324 e. The van der Waals surface area contributed by atoms with Crippen molar-refractivity contribution in [1.82, 2.24) is 4.90 Å². The molecule has 1 aromatic heterocycles. The molecule has 2 atom stereocenters. The Kier molecular flexibility index (Phi) is 6.18. The van der Waals surface area contributed by atoms with Crippen LogP contribution in [0, 0.1) is 13.8 Å². The molecule has 1 saturated heterocycles. The summed E-state index contributed by atoms with van der Waals surface area (Å²) >= 11 is 9.49. The number of rotatable bonds is 4. The van der Waals surface area contributed by atoms with Crippen LogP contribution >= 0.6 is 34.7 Å². The molecule has 2 aromatic carbocycles. The van der Waals surface area contributed by atoms with E-state index in [2.05, 4.69) is 5.32 Å². The van der Waals surface area contributed by atoms with Crippen LogP contribution in [0.3, 0.4) is 0 Å². The molecule has 3 aromatic rings. The molecule has 0 saturated carbocycles. The molecule has 0 bridgehead atoms. The van der Waals surface area contributed by atoms with E-state index in [0.29, 0.717) is 16.3 Å². The van der Waals surface area contributed by atoms with Gasteiger partial charge in [0.25, 0.3) is 5.91 Å². The topological polar surface area (TPSA) is 49.4 Å².